The maximum absolute atomic E-state index is 5.65. The summed E-state index contributed by atoms with van der Waals surface area (Å²) in [7, 11) is 1.70. The monoisotopic (exact) mass is 278 g/mol. The maximum atomic E-state index is 5.65. The van der Waals surface area contributed by atoms with Crippen LogP contribution >= 0.6 is 0 Å². The van der Waals surface area contributed by atoms with Crippen molar-refractivity contribution in [3.8, 4) is 5.75 Å². The van der Waals surface area contributed by atoms with Crippen molar-refractivity contribution >= 4 is 5.69 Å². The second-order valence-corrected chi connectivity index (χ2v) is 5.24. The summed E-state index contributed by atoms with van der Waals surface area (Å²) in [5.74, 6) is 0.912. The highest BCUT2D eigenvalue weighted by molar-refractivity contribution is 5.49. The number of hydrogen-bond acceptors (Lipinski definition) is 3. The van der Waals surface area contributed by atoms with Gasteiger partial charge in [-0.05, 0) is 43.7 Å². The van der Waals surface area contributed by atoms with Crippen LogP contribution in [-0.2, 0) is 0 Å². The van der Waals surface area contributed by atoms with Crippen LogP contribution in [0.15, 0.2) is 24.3 Å². The number of anilines is 1. The van der Waals surface area contributed by atoms with Gasteiger partial charge >= 0.3 is 0 Å². The Balaban J connectivity index is 2.48. The van der Waals surface area contributed by atoms with Gasteiger partial charge in [-0.1, -0.05) is 32.6 Å². The topological polar surface area (TPSA) is 38.5 Å². The molecule has 0 aliphatic carbocycles. The number of nitrogens with zero attached hydrogens (tertiary/aromatic N) is 1. The van der Waals surface area contributed by atoms with Gasteiger partial charge in [-0.15, -0.1) is 0 Å². The molecule has 0 aliphatic rings. The first kappa shape index (κ1) is 16.8. The average molecular weight is 278 g/mol. The van der Waals surface area contributed by atoms with Crippen molar-refractivity contribution in [3.63, 3.8) is 0 Å². The molecule has 2 N–H and O–H groups in total. The van der Waals surface area contributed by atoms with Crippen LogP contribution in [0.1, 0.15) is 45.4 Å². The van der Waals surface area contributed by atoms with E-state index in [0.29, 0.717) is 0 Å². The van der Waals surface area contributed by atoms with Crippen LogP contribution in [0, 0.1) is 0 Å². The van der Waals surface area contributed by atoms with Crippen molar-refractivity contribution < 1.29 is 4.74 Å². The number of hydrogen-bond donors (Lipinski definition) is 1. The summed E-state index contributed by atoms with van der Waals surface area (Å²) in [6.07, 6.45) is 7.63. The fraction of sp³-hybridized carbons (Fsp3) is 0.647. The molecule has 0 amide bonds. The highest BCUT2D eigenvalue weighted by Crippen LogP contribution is 2.20. The van der Waals surface area contributed by atoms with Crippen LogP contribution in [0.4, 0.5) is 5.69 Å². The Morgan fingerprint density at radius 2 is 1.60 bits per heavy atom. The smallest absolute Gasteiger partial charge is 0.119 e. The van der Waals surface area contributed by atoms with Gasteiger partial charge in [0.2, 0.25) is 0 Å². The predicted molar refractivity (Wildman–Crippen MR) is 87.6 cm³/mol. The number of methoxy groups -OCH3 is 1. The minimum absolute atomic E-state index is 0.752. The number of rotatable bonds is 11. The van der Waals surface area contributed by atoms with Crippen LogP contribution in [-0.4, -0.2) is 26.7 Å². The van der Waals surface area contributed by atoms with Crippen LogP contribution in [0.3, 0.4) is 0 Å². The maximum Gasteiger partial charge on any atom is 0.119 e. The Morgan fingerprint density at radius 1 is 0.950 bits per heavy atom. The Hall–Kier alpha value is -1.22. The second-order valence-electron chi connectivity index (χ2n) is 5.24. The molecule has 1 rings (SSSR count). The van der Waals surface area contributed by atoms with E-state index in [1.54, 1.807) is 7.11 Å². The Kier molecular flexibility index (Phi) is 8.88. The van der Waals surface area contributed by atoms with E-state index in [0.717, 1.165) is 31.8 Å². The third-order valence-corrected chi connectivity index (χ3v) is 3.60. The fourth-order valence-electron chi connectivity index (χ4n) is 2.35. The van der Waals surface area contributed by atoms with Crippen molar-refractivity contribution in [2.24, 2.45) is 5.73 Å². The molecule has 114 valence electrons. The SMILES string of the molecule is CCCCCCCN(CCCN)c1ccc(OC)cc1. The van der Waals surface area contributed by atoms with E-state index in [1.807, 2.05) is 12.1 Å². The highest BCUT2D eigenvalue weighted by atomic mass is 16.5. The molecule has 1 aromatic carbocycles. The Labute approximate surface area is 124 Å². The van der Waals surface area contributed by atoms with Gasteiger partial charge in [0, 0.05) is 18.8 Å². The number of benzene rings is 1. The number of ether oxygens (including phenoxy) is 1. The lowest BCUT2D eigenvalue weighted by Crippen LogP contribution is -2.27. The summed E-state index contributed by atoms with van der Waals surface area (Å²) in [6, 6.07) is 8.34. The van der Waals surface area contributed by atoms with Crippen molar-refractivity contribution in [1.29, 1.82) is 0 Å². The minimum Gasteiger partial charge on any atom is -0.497 e. The third-order valence-electron chi connectivity index (χ3n) is 3.60. The van der Waals surface area contributed by atoms with Gasteiger partial charge in [0.1, 0.15) is 5.75 Å². The van der Waals surface area contributed by atoms with E-state index in [-0.39, 0.29) is 0 Å². The molecular weight excluding hydrogens is 248 g/mol. The van der Waals surface area contributed by atoms with Crippen molar-refractivity contribution in [2.75, 3.05) is 31.6 Å². The second kappa shape index (κ2) is 10.6. The molecule has 0 fully saturated rings. The molecule has 1 aromatic rings. The zero-order chi connectivity index (χ0) is 14.6. The lowest BCUT2D eigenvalue weighted by atomic mass is 10.1. The third kappa shape index (κ3) is 6.29. The Morgan fingerprint density at radius 3 is 2.20 bits per heavy atom. The highest BCUT2D eigenvalue weighted by Gasteiger charge is 2.06. The van der Waals surface area contributed by atoms with E-state index in [2.05, 4.69) is 24.0 Å². The van der Waals surface area contributed by atoms with Gasteiger partial charge in [0.25, 0.3) is 0 Å². The standard InChI is InChI=1S/C17H30N2O/c1-3-4-5-6-7-14-19(15-8-13-18)16-9-11-17(20-2)12-10-16/h9-12H,3-8,13-15,18H2,1-2H3. The van der Waals surface area contributed by atoms with Gasteiger partial charge in [-0.25, -0.2) is 0 Å². The molecule has 0 unspecified atom stereocenters. The molecule has 0 bridgehead atoms. The number of nitrogens with two attached hydrogens (primary N) is 1. The lowest BCUT2D eigenvalue weighted by molar-refractivity contribution is 0.415. The molecular formula is C17H30N2O. The van der Waals surface area contributed by atoms with Gasteiger partial charge < -0.3 is 15.4 Å². The van der Waals surface area contributed by atoms with E-state index in [1.165, 1.54) is 37.8 Å². The summed E-state index contributed by atoms with van der Waals surface area (Å²) in [5.41, 5.74) is 6.92. The van der Waals surface area contributed by atoms with E-state index in [4.69, 9.17) is 10.5 Å². The van der Waals surface area contributed by atoms with Crippen LogP contribution in [0.2, 0.25) is 0 Å². The largest absolute Gasteiger partial charge is 0.497 e. The first-order valence-corrected chi connectivity index (χ1v) is 7.91. The fourth-order valence-corrected chi connectivity index (χ4v) is 2.35. The zero-order valence-electron chi connectivity index (χ0n) is 13.1. The first-order chi connectivity index (χ1) is 9.81. The van der Waals surface area contributed by atoms with Crippen LogP contribution in [0.5, 0.6) is 5.75 Å². The average Bonchev–Trinajstić information content (AvgIpc) is 2.50. The molecule has 0 radical (unpaired) electrons. The van der Waals surface area contributed by atoms with Crippen molar-refractivity contribution in [3.05, 3.63) is 24.3 Å². The molecule has 0 heterocycles. The molecule has 3 heteroatoms. The molecule has 0 saturated heterocycles. The van der Waals surface area contributed by atoms with Gasteiger partial charge in [0.15, 0.2) is 0 Å². The molecule has 0 spiro atoms. The number of unbranched alkanes of at least 4 members (excludes halogenated alkanes) is 4. The molecule has 3 nitrogen and oxygen atoms in total. The van der Waals surface area contributed by atoms with Crippen molar-refractivity contribution in [2.45, 2.75) is 45.4 Å². The quantitative estimate of drug-likeness (QED) is 0.625. The first-order valence-electron chi connectivity index (χ1n) is 7.91. The summed E-state index contributed by atoms with van der Waals surface area (Å²) < 4.78 is 5.22. The summed E-state index contributed by atoms with van der Waals surface area (Å²) in [4.78, 5) is 2.44. The van der Waals surface area contributed by atoms with Gasteiger partial charge in [0.05, 0.1) is 7.11 Å². The van der Waals surface area contributed by atoms with Gasteiger partial charge in [-0.2, -0.15) is 0 Å². The molecule has 0 aliphatic heterocycles. The van der Waals surface area contributed by atoms with Crippen LogP contribution in [0.25, 0.3) is 0 Å². The lowest BCUT2D eigenvalue weighted by Gasteiger charge is -2.25. The molecule has 20 heavy (non-hydrogen) atoms. The van der Waals surface area contributed by atoms with E-state index >= 15 is 0 Å². The van der Waals surface area contributed by atoms with Crippen LogP contribution < -0.4 is 15.4 Å². The summed E-state index contributed by atoms with van der Waals surface area (Å²) in [5, 5.41) is 0. The van der Waals surface area contributed by atoms with E-state index < -0.39 is 0 Å². The van der Waals surface area contributed by atoms with Gasteiger partial charge in [-0.3, -0.25) is 0 Å². The molecule has 0 atom stereocenters. The summed E-state index contributed by atoms with van der Waals surface area (Å²) in [6.45, 7) is 5.17. The minimum atomic E-state index is 0.752. The summed E-state index contributed by atoms with van der Waals surface area (Å²) >= 11 is 0. The zero-order valence-corrected chi connectivity index (χ0v) is 13.1. The Bertz CT molecular complexity index is 337. The molecule has 0 aromatic heterocycles. The normalized spacial score (nSPS) is 10.6. The predicted octanol–water partition coefficient (Wildman–Crippen LogP) is 3.82. The van der Waals surface area contributed by atoms with E-state index in [9.17, 15) is 0 Å². The molecule has 0 saturated carbocycles. The van der Waals surface area contributed by atoms with Crippen molar-refractivity contribution in [1.82, 2.24) is 0 Å².